The van der Waals surface area contributed by atoms with Crippen LogP contribution in [0.15, 0.2) is 57.9 Å². The summed E-state index contributed by atoms with van der Waals surface area (Å²) in [4.78, 5) is 24.2. The van der Waals surface area contributed by atoms with Crippen LogP contribution in [0, 0.1) is 0 Å². The van der Waals surface area contributed by atoms with Gasteiger partial charge in [0.2, 0.25) is 6.79 Å². The molecule has 6 heteroatoms. The highest BCUT2D eigenvalue weighted by atomic mass is 16.7. The van der Waals surface area contributed by atoms with E-state index in [9.17, 15) is 9.59 Å². The van der Waals surface area contributed by atoms with Gasteiger partial charge in [0.05, 0.1) is 10.9 Å². The van der Waals surface area contributed by atoms with Crippen molar-refractivity contribution in [3.8, 4) is 11.5 Å². The van der Waals surface area contributed by atoms with E-state index in [2.05, 4.69) is 5.32 Å². The zero-order chi connectivity index (χ0) is 16.5. The van der Waals surface area contributed by atoms with E-state index in [4.69, 9.17) is 13.9 Å². The maximum atomic E-state index is 12.4. The van der Waals surface area contributed by atoms with Crippen LogP contribution >= 0.6 is 0 Å². The van der Waals surface area contributed by atoms with Crippen molar-refractivity contribution in [2.45, 2.75) is 6.54 Å². The summed E-state index contributed by atoms with van der Waals surface area (Å²) < 4.78 is 15.5. The van der Waals surface area contributed by atoms with Crippen molar-refractivity contribution in [3.05, 3.63) is 70.3 Å². The van der Waals surface area contributed by atoms with Gasteiger partial charge in [-0.3, -0.25) is 4.79 Å². The molecule has 2 aromatic carbocycles. The first-order valence-electron chi connectivity index (χ1n) is 7.39. The fourth-order valence-corrected chi connectivity index (χ4v) is 2.64. The van der Waals surface area contributed by atoms with Crippen LogP contribution in [0.25, 0.3) is 10.8 Å². The lowest BCUT2D eigenvalue weighted by atomic mass is 10.1. The monoisotopic (exact) mass is 323 g/mol. The minimum Gasteiger partial charge on any atom is -0.454 e. The number of hydrogen-bond acceptors (Lipinski definition) is 5. The maximum absolute atomic E-state index is 12.4. The minimum absolute atomic E-state index is 0.209. The quantitative estimate of drug-likeness (QED) is 0.801. The summed E-state index contributed by atoms with van der Waals surface area (Å²) in [6.07, 6.45) is 1.19. The van der Waals surface area contributed by atoms with E-state index in [0.29, 0.717) is 34.4 Å². The summed E-state index contributed by atoms with van der Waals surface area (Å²) >= 11 is 0. The van der Waals surface area contributed by atoms with Crippen molar-refractivity contribution in [3.63, 3.8) is 0 Å². The maximum Gasteiger partial charge on any atom is 0.343 e. The Hall–Kier alpha value is -3.28. The summed E-state index contributed by atoms with van der Waals surface area (Å²) in [5.74, 6) is 1.05. The van der Waals surface area contributed by atoms with Crippen LogP contribution in [-0.2, 0) is 6.54 Å². The fourth-order valence-electron chi connectivity index (χ4n) is 2.64. The van der Waals surface area contributed by atoms with Crippen LogP contribution in [0.2, 0.25) is 0 Å². The van der Waals surface area contributed by atoms with E-state index in [1.165, 1.54) is 6.26 Å². The third-order valence-corrected chi connectivity index (χ3v) is 3.86. The predicted octanol–water partition coefficient (Wildman–Crippen LogP) is 2.45. The van der Waals surface area contributed by atoms with E-state index < -0.39 is 5.63 Å². The third-order valence-electron chi connectivity index (χ3n) is 3.86. The van der Waals surface area contributed by atoms with E-state index in [-0.39, 0.29) is 12.7 Å². The number of nitrogens with one attached hydrogen (secondary N) is 1. The molecule has 6 nitrogen and oxygen atoms in total. The van der Waals surface area contributed by atoms with Crippen LogP contribution in [0.4, 0.5) is 0 Å². The molecule has 0 aliphatic carbocycles. The van der Waals surface area contributed by atoms with Gasteiger partial charge in [-0.05, 0) is 23.8 Å². The Kier molecular flexibility index (Phi) is 3.42. The molecule has 0 radical (unpaired) electrons. The Morgan fingerprint density at radius 2 is 1.83 bits per heavy atom. The number of ether oxygens (including phenoxy) is 2. The standard InChI is InChI=1S/C18H13NO5/c20-17(14-9-22-18(21)13-4-2-1-3-12(13)14)19-8-11-5-6-15-16(7-11)24-10-23-15/h1-7,9H,8,10H2,(H,19,20). The molecule has 0 saturated carbocycles. The first-order valence-corrected chi connectivity index (χ1v) is 7.39. The van der Waals surface area contributed by atoms with Crippen molar-refractivity contribution < 1.29 is 18.7 Å². The largest absolute Gasteiger partial charge is 0.454 e. The van der Waals surface area contributed by atoms with Crippen molar-refractivity contribution >= 4 is 16.7 Å². The number of amides is 1. The summed E-state index contributed by atoms with van der Waals surface area (Å²) in [6, 6.07) is 12.4. The molecule has 1 N–H and O–H groups in total. The highest BCUT2D eigenvalue weighted by Crippen LogP contribution is 2.32. The summed E-state index contributed by atoms with van der Waals surface area (Å²) in [6.45, 7) is 0.531. The lowest BCUT2D eigenvalue weighted by molar-refractivity contribution is 0.0950. The van der Waals surface area contributed by atoms with E-state index in [1.54, 1.807) is 30.3 Å². The molecule has 4 rings (SSSR count). The van der Waals surface area contributed by atoms with Crippen molar-refractivity contribution in [1.29, 1.82) is 0 Å². The molecule has 3 aromatic rings. The Morgan fingerprint density at radius 3 is 2.71 bits per heavy atom. The first-order chi connectivity index (χ1) is 11.7. The molecule has 0 saturated heterocycles. The number of rotatable bonds is 3. The van der Waals surface area contributed by atoms with Crippen LogP contribution in [-0.4, -0.2) is 12.7 Å². The molecule has 1 aliphatic rings. The highest BCUT2D eigenvalue weighted by Gasteiger charge is 2.15. The Labute approximate surface area is 136 Å². The molecular weight excluding hydrogens is 310 g/mol. The normalized spacial score (nSPS) is 12.3. The van der Waals surface area contributed by atoms with Gasteiger partial charge >= 0.3 is 5.63 Å². The molecule has 0 bridgehead atoms. The van der Waals surface area contributed by atoms with Crippen molar-refractivity contribution in [2.75, 3.05) is 6.79 Å². The van der Waals surface area contributed by atoms with Crippen LogP contribution in [0.3, 0.4) is 0 Å². The van der Waals surface area contributed by atoms with Gasteiger partial charge in [0.25, 0.3) is 5.91 Å². The van der Waals surface area contributed by atoms with Gasteiger partial charge in [0, 0.05) is 11.9 Å². The number of benzene rings is 2. The summed E-state index contributed by atoms with van der Waals surface area (Å²) in [5.41, 5.74) is 0.748. The highest BCUT2D eigenvalue weighted by molar-refractivity contribution is 6.06. The van der Waals surface area contributed by atoms with Crippen molar-refractivity contribution in [1.82, 2.24) is 5.32 Å². The zero-order valence-corrected chi connectivity index (χ0v) is 12.6. The number of hydrogen-bond donors (Lipinski definition) is 1. The molecule has 1 aliphatic heterocycles. The second-order valence-electron chi connectivity index (χ2n) is 5.35. The second kappa shape index (κ2) is 5.73. The Bertz CT molecular complexity index is 992. The summed E-state index contributed by atoms with van der Waals surface area (Å²) in [7, 11) is 0. The van der Waals surface area contributed by atoms with Gasteiger partial charge in [-0.1, -0.05) is 24.3 Å². The summed E-state index contributed by atoms with van der Waals surface area (Å²) in [5, 5.41) is 3.77. The molecule has 1 amide bonds. The molecule has 0 atom stereocenters. The minimum atomic E-state index is -0.460. The number of fused-ring (bicyclic) bond motifs is 2. The van der Waals surface area contributed by atoms with Gasteiger partial charge in [-0.2, -0.15) is 0 Å². The number of carbonyl (C=O) groups is 1. The smallest absolute Gasteiger partial charge is 0.343 e. The fraction of sp³-hybridized carbons (Fsp3) is 0.111. The third kappa shape index (κ3) is 2.48. The second-order valence-corrected chi connectivity index (χ2v) is 5.35. The zero-order valence-electron chi connectivity index (χ0n) is 12.6. The molecule has 24 heavy (non-hydrogen) atoms. The van der Waals surface area contributed by atoms with Gasteiger partial charge < -0.3 is 19.2 Å². The molecule has 120 valence electrons. The lowest BCUT2D eigenvalue weighted by Gasteiger charge is -2.08. The SMILES string of the molecule is O=C(NCc1ccc2c(c1)OCO2)c1coc(=O)c2ccccc12. The van der Waals surface area contributed by atoms with Crippen LogP contribution in [0.5, 0.6) is 11.5 Å². The topological polar surface area (TPSA) is 77.8 Å². The van der Waals surface area contributed by atoms with Crippen LogP contribution < -0.4 is 20.4 Å². The molecule has 0 unspecified atom stereocenters. The van der Waals surface area contributed by atoms with E-state index >= 15 is 0 Å². The van der Waals surface area contributed by atoms with Gasteiger partial charge in [-0.25, -0.2) is 4.79 Å². The van der Waals surface area contributed by atoms with Gasteiger partial charge in [-0.15, -0.1) is 0 Å². The predicted molar refractivity (Wildman–Crippen MR) is 86.2 cm³/mol. The average Bonchev–Trinajstić information content (AvgIpc) is 3.08. The van der Waals surface area contributed by atoms with E-state index in [1.807, 2.05) is 12.1 Å². The average molecular weight is 323 g/mol. The molecular formula is C18H13NO5. The number of carbonyl (C=O) groups excluding carboxylic acids is 1. The lowest BCUT2D eigenvalue weighted by Crippen LogP contribution is -2.23. The van der Waals surface area contributed by atoms with Crippen LogP contribution in [0.1, 0.15) is 15.9 Å². The Balaban J connectivity index is 1.57. The van der Waals surface area contributed by atoms with E-state index in [0.717, 1.165) is 5.56 Å². The molecule has 0 spiro atoms. The van der Waals surface area contributed by atoms with Gasteiger partial charge in [0.1, 0.15) is 6.26 Å². The molecule has 1 aromatic heterocycles. The van der Waals surface area contributed by atoms with Gasteiger partial charge in [0.15, 0.2) is 11.5 Å². The molecule has 0 fully saturated rings. The first kappa shape index (κ1) is 14.3. The molecule has 2 heterocycles. The van der Waals surface area contributed by atoms with Crippen molar-refractivity contribution in [2.24, 2.45) is 0 Å². The Morgan fingerprint density at radius 1 is 1.04 bits per heavy atom.